The van der Waals surface area contributed by atoms with Gasteiger partial charge in [0.2, 0.25) is 5.91 Å². The number of nitrogens with one attached hydrogen (secondary N) is 1. The summed E-state index contributed by atoms with van der Waals surface area (Å²) in [5.74, 6) is 0.947. The Morgan fingerprint density at radius 2 is 2.19 bits per heavy atom. The van der Waals surface area contributed by atoms with Gasteiger partial charge in [0.1, 0.15) is 5.65 Å². The van der Waals surface area contributed by atoms with Crippen molar-refractivity contribution in [2.45, 2.75) is 13.0 Å². The molecule has 138 valence electrons. The number of amides is 1. The molecule has 3 aromatic rings. The average molecular weight is 384 g/mol. The third kappa shape index (κ3) is 4.06. The fraction of sp³-hybridized carbons (Fsp3) is 0.200. The van der Waals surface area contributed by atoms with Gasteiger partial charge in [0.15, 0.2) is 11.5 Å². The molecule has 27 heavy (non-hydrogen) atoms. The fourth-order valence-corrected chi connectivity index (χ4v) is 3.10. The summed E-state index contributed by atoms with van der Waals surface area (Å²) < 4.78 is 13.2. The largest absolute Gasteiger partial charge is 0.489 e. The Balaban J connectivity index is 1.41. The Hall–Kier alpha value is -2.99. The second kappa shape index (κ2) is 7.72. The van der Waals surface area contributed by atoms with Crippen LogP contribution < -0.4 is 14.8 Å². The lowest BCUT2D eigenvalue weighted by atomic mass is 10.2. The van der Waals surface area contributed by atoms with Gasteiger partial charge in [-0.1, -0.05) is 17.7 Å². The zero-order chi connectivity index (χ0) is 18.6. The van der Waals surface area contributed by atoms with Crippen LogP contribution in [0.2, 0.25) is 5.02 Å². The second-order valence-corrected chi connectivity index (χ2v) is 6.54. The van der Waals surface area contributed by atoms with Crippen LogP contribution in [0.3, 0.4) is 0 Å². The Labute approximate surface area is 161 Å². The van der Waals surface area contributed by atoms with Crippen LogP contribution in [0.15, 0.2) is 48.8 Å². The molecule has 1 N–H and O–H groups in total. The first-order chi connectivity index (χ1) is 13.2. The highest BCUT2D eigenvalue weighted by Gasteiger charge is 2.15. The van der Waals surface area contributed by atoms with Crippen molar-refractivity contribution < 1.29 is 14.3 Å². The molecule has 0 radical (unpaired) electrons. The van der Waals surface area contributed by atoms with E-state index >= 15 is 0 Å². The maximum absolute atomic E-state index is 12.1. The first kappa shape index (κ1) is 17.4. The van der Waals surface area contributed by atoms with Crippen LogP contribution in [-0.2, 0) is 11.3 Å². The Morgan fingerprint density at radius 1 is 1.30 bits per heavy atom. The quantitative estimate of drug-likeness (QED) is 0.700. The van der Waals surface area contributed by atoms with Crippen LogP contribution in [0, 0.1) is 0 Å². The highest BCUT2D eigenvalue weighted by molar-refractivity contribution is 6.32. The molecule has 0 spiro atoms. The van der Waals surface area contributed by atoms with Gasteiger partial charge in [0.05, 0.1) is 30.5 Å². The van der Waals surface area contributed by atoms with Gasteiger partial charge in [0, 0.05) is 24.9 Å². The Morgan fingerprint density at radius 3 is 3.07 bits per heavy atom. The van der Waals surface area contributed by atoms with Crippen molar-refractivity contribution in [1.29, 1.82) is 0 Å². The van der Waals surface area contributed by atoms with Gasteiger partial charge in [-0.05, 0) is 35.9 Å². The lowest BCUT2D eigenvalue weighted by Gasteiger charge is -2.09. The average Bonchev–Trinajstić information content (AvgIpc) is 2.93. The number of carbonyl (C=O) groups is 1. The molecule has 1 amide bonds. The van der Waals surface area contributed by atoms with E-state index in [9.17, 15) is 4.79 Å². The van der Waals surface area contributed by atoms with E-state index < -0.39 is 0 Å². The molecular weight excluding hydrogens is 366 g/mol. The van der Waals surface area contributed by atoms with Gasteiger partial charge >= 0.3 is 0 Å². The Kier molecular flexibility index (Phi) is 4.98. The second-order valence-electron chi connectivity index (χ2n) is 6.13. The number of hydrogen-bond acceptors (Lipinski definition) is 4. The maximum Gasteiger partial charge on any atom is 0.244 e. The molecule has 1 aliphatic heterocycles. The van der Waals surface area contributed by atoms with Crippen molar-refractivity contribution in [2.24, 2.45) is 0 Å². The zero-order valence-electron chi connectivity index (χ0n) is 14.5. The molecule has 0 saturated heterocycles. The monoisotopic (exact) mass is 383 g/mol. The van der Waals surface area contributed by atoms with Crippen molar-refractivity contribution in [2.75, 3.05) is 13.2 Å². The van der Waals surface area contributed by atoms with Gasteiger partial charge in [-0.2, -0.15) is 0 Å². The number of fused-ring (bicyclic) bond motifs is 2. The summed E-state index contributed by atoms with van der Waals surface area (Å²) in [4.78, 5) is 16.6. The van der Waals surface area contributed by atoms with Crippen molar-refractivity contribution >= 4 is 29.2 Å². The zero-order valence-corrected chi connectivity index (χ0v) is 15.3. The third-order valence-corrected chi connectivity index (χ3v) is 4.39. The number of aromatic nitrogens is 2. The number of nitrogens with zero attached hydrogens (tertiary/aromatic N) is 2. The molecule has 0 aliphatic carbocycles. The number of hydrogen-bond donors (Lipinski definition) is 1. The smallest absolute Gasteiger partial charge is 0.244 e. The van der Waals surface area contributed by atoms with Crippen molar-refractivity contribution in [3.05, 3.63) is 65.1 Å². The summed E-state index contributed by atoms with van der Waals surface area (Å²) in [5.41, 5.74) is 2.41. The predicted octanol–water partition coefficient (Wildman–Crippen LogP) is 3.48. The third-order valence-electron chi connectivity index (χ3n) is 4.11. The van der Waals surface area contributed by atoms with Crippen LogP contribution in [0.4, 0.5) is 0 Å². The van der Waals surface area contributed by atoms with Gasteiger partial charge in [-0.25, -0.2) is 4.98 Å². The SMILES string of the molecule is O=C(/C=C/c1cc(Cl)c2c(c1)OCCCO2)NCc1cn2ccccc2n1. The lowest BCUT2D eigenvalue weighted by molar-refractivity contribution is -0.116. The van der Waals surface area contributed by atoms with Gasteiger partial charge in [0.25, 0.3) is 0 Å². The van der Waals surface area contributed by atoms with Crippen molar-refractivity contribution in [3.63, 3.8) is 0 Å². The molecule has 0 saturated carbocycles. The number of pyridine rings is 1. The Bertz CT molecular complexity index is 980. The van der Waals surface area contributed by atoms with E-state index in [0.29, 0.717) is 36.3 Å². The fourth-order valence-electron chi connectivity index (χ4n) is 2.83. The summed E-state index contributed by atoms with van der Waals surface area (Å²) in [7, 11) is 0. The number of carbonyl (C=O) groups excluding carboxylic acids is 1. The van der Waals surface area contributed by atoms with E-state index in [1.165, 1.54) is 6.08 Å². The molecule has 1 aliphatic rings. The van der Waals surface area contributed by atoms with Crippen LogP contribution >= 0.6 is 11.6 Å². The first-order valence-electron chi connectivity index (χ1n) is 8.67. The highest BCUT2D eigenvalue weighted by atomic mass is 35.5. The normalized spacial score (nSPS) is 13.7. The van der Waals surface area contributed by atoms with Crippen molar-refractivity contribution in [1.82, 2.24) is 14.7 Å². The number of ether oxygens (including phenoxy) is 2. The molecule has 4 rings (SSSR count). The van der Waals surface area contributed by atoms with Gasteiger partial charge in [-0.3, -0.25) is 4.79 Å². The molecule has 6 nitrogen and oxygen atoms in total. The molecule has 2 aromatic heterocycles. The summed E-state index contributed by atoms with van der Waals surface area (Å²) in [6, 6.07) is 9.34. The minimum atomic E-state index is -0.213. The first-order valence-corrected chi connectivity index (χ1v) is 9.04. The predicted molar refractivity (Wildman–Crippen MR) is 103 cm³/mol. The van der Waals surface area contributed by atoms with E-state index in [1.54, 1.807) is 12.1 Å². The van der Waals surface area contributed by atoms with Gasteiger partial charge in [-0.15, -0.1) is 0 Å². The summed E-state index contributed by atoms with van der Waals surface area (Å²) in [6.07, 6.45) is 7.77. The topological polar surface area (TPSA) is 64.9 Å². The number of benzene rings is 1. The van der Waals surface area contributed by atoms with Crippen LogP contribution in [0.1, 0.15) is 17.7 Å². The highest BCUT2D eigenvalue weighted by Crippen LogP contribution is 2.38. The number of imidazole rings is 1. The standard InChI is InChI=1S/C20H18ClN3O3/c21-16-10-14(11-17-20(16)27-9-3-8-26-17)5-6-19(25)22-12-15-13-24-7-2-1-4-18(24)23-15/h1-2,4-7,10-11,13H,3,8-9,12H2,(H,22,25)/b6-5+. The minimum Gasteiger partial charge on any atom is -0.489 e. The molecule has 0 bridgehead atoms. The van der Waals surface area contributed by atoms with Crippen molar-refractivity contribution in [3.8, 4) is 11.5 Å². The minimum absolute atomic E-state index is 0.213. The van der Waals surface area contributed by atoms with Gasteiger partial charge < -0.3 is 19.2 Å². The molecule has 0 fully saturated rings. The molecule has 0 unspecified atom stereocenters. The molecule has 7 heteroatoms. The van der Waals surface area contributed by atoms with E-state index in [-0.39, 0.29) is 5.91 Å². The molecule has 1 aromatic carbocycles. The van der Waals surface area contributed by atoms with E-state index in [1.807, 2.05) is 41.1 Å². The summed E-state index contributed by atoms with van der Waals surface area (Å²) in [5, 5.41) is 3.30. The number of rotatable bonds is 4. The van der Waals surface area contributed by atoms with E-state index in [0.717, 1.165) is 23.3 Å². The molecule has 3 heterocycles. The summed E-state index contributed by atoms with van der Waals surface area (Å²) in [6.45, 7) is 1.51. The molecular formula is C20H18ClN3O3. The lowest BCUT2D eigenvalue weighted by Crippen LogP contribution is -2.20. The van der Waals surface area contributed by atoms with Crippen LogP contribution in [0.25, 0.3) is 11.7 Å². The maximum atomic E-state index is 12.1. The van der Waals surface area contributed by atoms with Crippen LogP contribution in [-0.4, -0.2) is 28.5 Å². The van der Waals surface area contributed by atoms with Crippen LogP contribution in [0.5, 0.6) is 11.5 Å². The van der Waals surface area contributed by atoms with E-state index in [4.69, 9.17) is 21.1 Å². The molecule has 0 atom stereocenters. The van der Waals surface area contributed by atoms with E-state index in [2.05, 4.69) is 10.3 Å². The summed E-state index contributed by atoms with van der Waals surface area (Å²) >= 11 is 6.27. The number of halogens is 1.